The fourth-order valence-corrected chi connectivity index (χ4v) is 4.02. The van der Waals surface area contributed by atoms with Gasteiger partial charge in [0, 0.05) is 10.9 Å². The minimum Gasteiger partial charge on any atom is -0.442 e. The topological polar surface area (TPSA) is 93.5 Å². The summed E-state index contributed by atoms with van der Waals surface area (Å²) in [5, 5.41) is 4.98. The highest BCUT2D eigenvalue weighted by molar-refractivity contribution is 7.89. The number of benzene rings is 2. The molecule has 3 aromatic rings. The lowest BCUT2D eigenvalue weighted by molar-refractivity contribution is 0.0522. The number of nitrogens with zero attached hydrogens (tertiary/aromatic N) is 3. The van der Waals surface area contributed by atoms with E-state index in [2.05, 4.69) is 33.5 Å². The van der Waals surface area contributed by atoms with E-state index in [4.69, 9.17) is 4.74 Å². The number of ether oxygens (including phenoxy) is 1. The molecule has 0 saturated carbocycles. The molecule has 0 atom stereocenters. The Morgan fingerprint density at radius 2 is 1.78 bits per heavy atom. The molecule has 1 heterocycles. The molecule has 2 aromatic carbocycles. The summed E-state index contributed by atoms with van der Waals surface area (Å²) < 4.78 is 34.1. The summed E-state index contributed by atoms with van der Waals surface area (Å²) in [4.78, 5) is 14.9. The minimum absolute atomic E-state index is 0.126. The zero-order valence-corrected chi connectivity index (χ0v) is 22.2. The monoisotopic (exact) mass is 506 g/mol. The summed E-state index contributed by atoms with van der Waals surface area (Å²) in [5.74, 6) is 11.9. The maximum absolute atomic E-state index is 12.8. The number of aryl methyl sites for hydroxylation is 1. The molecule has 188 valence electrons. The summed E-state index contributed by atoms with van der Waals surface area (Å²) in [6.45, 7) is 7.68. The van der Waals surface area contributed by atoms with E-state index in [1.165, 1.54) is 0 Å². The average molecular weight is 507 g/mol. The molecular formula is C27H30N4O4S. The van der Waals surface area contributed by atoms with Gasteiger partial charge in [0.2, 0.25) is 10.0 Å². The van der Waals surface area contributed by atoms with Crippen LogP contribution in [-0.2, 0) is 14.8 Å². The van der Waals surface area contributed by atoms with Gasteiger partial charge in [-0.05, 0) is 78.0 Å². The third-order valence-electron chi connectivity index (χ3n) is 4.76. The third kappa shape index (κ3) is 7.19. The quantitative estimate of drug-likeness (QED) is 0.546. The molecule has 3 rings (SSSR count). The van der Waals surface area contributed by atoms with Crippen LogP contribution in [0.4, 0.5) is 4.79 Å². The van der Waals surface area contributed by atoms with Gasteiger partial charge >= 0.3 is 6.09 Å². The fraction of sp³-hybridized carbons (Fsp3) is 0.333. The number of fused-ring (bicyclic) bond motifs is 1. The Balaban J connectivity index is 1.92. The summed E-state index contributed by atoms with van der Waals surface area (Å²) in [7, 11) is 0.167. The van der Waals surface area contributed by atoms with Gasteiger partial charge < -0.3 is 4.74 Å². The number of nitrogens with one attached hydrogen (secondary N) is 1. The molecule has 1 N–H and O–H groups in total. The van der Waals surface area contributed by atoms with Crippen LogP contribution < -0.4 is 4.72 Å². The molecule has 0 spiro atoms. The Hall–Kier alpha value is -3.63. The Morgan fingerprint density at radius 1 is 1.08 bits per heavy atom. The van der Waals surface area contributed by atoms with Gasteiger partial charge in [-0.1, -0.05) is 35.5 Å². The van der Waals surface area contributed by atoms with Gasteiger partial charge in [0.15, 0.2) is 0 Å². The molecule has 1 aromatic heterocycles. The number of carbonyl (C=O) groups excluding carboxylic acids is 1. The van der Waals surface area contributed by atoms with E-state index in [9.17, 15) is 13.2 Å². The van der Waals surface area contributed by atoms with Gasteiger partial charge in [-0.15, -0.1) is 0 Å². The summed E-state index contributed by atoms with van der Waals surface area (Å²) in [6.07, 6.45) is -0.632. The van der Waals surface area contributed by atoms with Crippen LogP contribution in [0.25, 0.3) is 10.9 Å². The number of aromatic nitrogens is 2. The molecule has 0 fully saturated rings. The van der Waals surface area contributed by atoms with E-state index in [0.29, 0.717) is 23.1 Å². The smallest absolute Gasteiger partial charge is 0.435 e. The first-order valence-electron chi connectivity index (χ1n) is 11.3. The standard InChI is InChI=1S/C27H30N4O4S/c1-20-11-14-22(15-12-20)36(33,34)28-17-7-10-24-23-19-21(9-8-18-30(5)6)13-16-25(23)31(29-24)26(32)35-27(2,3)4/h11-16,19,28H,17-18H2,1-6H3. The van der Waals surface area contributed by atoms with Crippen molar-refractivity contribution >= 4 is 27.0 Å². The molecular weight excluding hydrogens is 476 g/mol. The zero-order valence-electron chi connectivity index (χ0n) is 21.3. The Labute approximate surface area is 212 Å². The number of sulfonamides is 1. The van der Waals surface area contributed by atoms with Crippen LogP contribution in [0.3, 0.4) is 0 Å². The van der Waals surface area contributed by atoms with Crippen LogP contribution in [0.1, 0.15) is 37.6 Å². The molecule has 0 bridgehead atoms. The summed E-state index contributed by atoms with van der Waals surface area (Å²) in [6, 6.07) is 11.9. The lowest BCUT2D eigenvalue weighted by Crippen LogP contribution is -2.27. The second-order valence-corrected chi connectivity index (χ2v) is 11.2. The van der Waals surface area contributed by atoms with Crippen LogP contribution in [0, 0.1) is 30.6 Å². The van der Waals surface area contributed by atoms with Gasteiger partial charge in [0.05, 0.1) is 23.5 Å². The van der Waals surface area contributed by atoms with Gasteiger partial charge in [0.25, 0.3) is 0 Å². The van der Waals surface area contributed by atoms with E-state index in [-0.39, 0.29) is 11.4 Å². The van der Waals surface area contributed by atoms with Crippen molar-refractivity contribution in [2.24, 2.45) is 0 Å². The van der Waals surface area contributed by atoms with Gasteiger partial charge in [-0.25, -0.2) is 13.2 Å². The molecule has 0 aliphatic carbocycles. The van der Waals surface area contributed by atoms with Crippen molar-refractivity contribution < 1.29 is 17.9 Å². The van der Waals surface area contributed by atoms with Crippen LogP contribution in [-0.4, -0.2) is 62.0 Å². The molecule has 0 aliphatic rings. The molecule has 36 heavy (non-hydrogen) atoms. The van der Waals surface area contributed by atoms with Crippen molar-refractivity contribution in [3.8, 4) is 23.7 Å². The number of hydrogen-bond acceptors (Lipinski definition) is 6. The lowest BCUT2D eigenvalue weighted by Gasteiger charge is -2.19. The van der Waals surface area contributed by atoms with E-state index >= 15 is 0 Å². The van der Waals surface area contributed by atoms with E-state index in [0.717, 1.165) is 15.8 Å². The molecule has 0 saturated heterocycles. The largest absolute Gasteiger partial charge is 0.442 e. The highest BCUT2D eigenvalue weighted by Crippen LogP contribution is 2.21. The van der Waals surface area contributed by atoms with Gasteiger partial charge in [-0.2, -0.15) is 14.5 Å². The first-order chi connectivity index (χ1) is 16.9. The minimum atomic E-state index is -3.70. The molecule has 0 amide bonds. The second-order valence-electron chi connectivity index (χ2n) is 9.45. The maximum Gasteiger partial charge on any atom is 0.435 e. The Kier molecular flexibility index (Phi) is 8.21. The van der Waals surface area contributed by atoms with Crippen molar-refractivity contribution in [2.45, 2.75) is 38.2 Å². The molecule has 8 nitrogen and oxygen atoms in total. The average Bonchev–Trinajstić information content (AvgIpc) is 3.14. The highest BCUT2D eigenvalue weighted by atomic mass is 32.2. The molecule has 0 unspecified atom stereocenters. The van der Waals surface area contributed by atoms with Gasteiger partial charge in [0.1, 0.15) is 11.3 Å². The van der Waals surface area contributed by atoms with Crippen LogP contribution >= 0.6 is 0 Å². The first-order valence-corrected chi connectivity index (χ1v) is 12.8. The van der Waals surface area contributed by atoms with Crippen molar-refractivity contribution in [3.05, 3.63) is 59.3 Å². The zero-order chi connectivity index (χ0) is 26.5. The number of carbonyl (C=O) groups is 1. The van der Waals surface area contributed by atoms with Crippen LogP contribution in [0.2, 0.25) is 0 Å². The van der Waals surface area contributed by atoms with Crippen molar-refractivity contribution in [3.63, 3.8) is 0 Å². The normalized spacial score (nSPS) is 11.5. The van der Waals surface area contributed by atoms with Crippen LogP contribution in [0.15, 0.2) is 47.4 Å². The van der Waals surface area contributed by atoms with E-state index in [1.54, 1.807) is 57.2 Å². The van der Waals surface area contributed by atoms with Gasteiger partial charge in [-0.3, -0.25) is 4.90 Å². The molecule has 0 radical (unpaired) electrons. The second kappa shape index (κ2) is 11.0. The van der Waals surface area contributed by atoms with Crippen LogP contribution in [0.5, 0.6) is 0 Å². The van der Waals surface area contributed by atoms with E-state index in [1.807, 2.05) is 32.0 Å². The Morgan fingerprint density at radius 3 is 2.42 bits per heavy atom. The summed E-state index contributed by atoms with van der Waals surface area (Å²) >= 11 is 0. The summed E-state index contributed by atoms with van der Waals surface area (Å²) in [5.41, 5.74) is 1.85. The number of hydrogen-bond donors (Lipinski definition) is 1. The third-order valence-corrected chi connectivity index (χ3v) is 6.18. The van der Waals surface area contributed by atoms with Crippen molar-refractivity contribution in [2.75, 3.05) is 27.2 Å². The van der Waals surface area contributed by atoms with E-state index < -0.39 is 21.7 Å². The number of rotatable bonds is 4. The van der Waals surface area contributed by atoms with Crippen molar-refractivity contribution in [1.29, 1.82) is 0 Å². The predicted octanol–water partition coefficient (Wildman–Crippen LogP) is 3.37. The Bertz CT molecular complexity index is 1490. The fourth-order valence-electron chi connectivity index (χ4n) is 3.09. The highest BCUT2D eigenvalue weighted by Gasteiger charge is 2.22. The predicted molar refractivity (Wildman–Crippen MR) is 140 cm³/mol. The molecule has 0 aliphatic heterocycles. The molecule has 9 heteroatoms. The lowest BCUT2D eigenvalue weighted by atomic mass is 10.1. The van der Waals surface area contributed by atoms with Crippen molar-refractivity contribution in [1.82, 2.24) is 19.4 Å². The first kappa shape index (κ1) is 27.0. The SMILES string of the molecule is Cc1ccc(S(=O)(=O)NCC#Cc2nn(C(=O)OC(C)(C)C)c3ccc(C#CCN(C)C)cc23)cc1. The maximum atomic E-state index is 12.8.